The normalized spacial score (nSPS) is 16.6. The van der Waals surface area contributed by atoms with Crippen LogP contribution in [0, 0.1) is 5.82 Å². The fraction of sp³-hybridized carbons (Fsp3) is 0.269. The van der Waals surface area contributed by atoms with E-state index in [1.54, 1.807) is 12.1 Å². The molecule has 0 saturated heterocycles. The van der Waals surface area contributed by atoms with Crippen molar-refractivity contribution in [1.82, 2.24) is 4.90 Å². The van der Waals surface area contributed by atoms with Crippen LogP contribution in [0.15, 0.2) is 84.0 Å². The minimum Gasteiger partial charge on any atom is -0.391 e. The monoisotopic (exact) mass is 452 g/mol. The number of oxime groups is 1. The van der Waals surface area contributed by atoms with Gasteiger partial charge in [0.2, 0.25) is 0 Å². The third kappa shape index (κ3) is 6.39. The summed E-state index contributed by atoms with van der Waals surface area (Å²) in [4.78, 5) is 7.85. The van der Waals surface area contributed by atoms with E-state index < -0.39 is 6.10 Å². The highest BCUT2D eigenvalue weighted by atomic mass is 35.5. The van der Waals surface area contributed by atoms with Crippen molar-refractivity contribution in [3.63, 3.8) is 0 Å². The van der Waals surface area contributed by atoms with E-state index in [0.717, 1.165) is 22.4 Å². The van der Waals surface area contributed by atoms with E-state index in [4.69, 9.17) is 16.4 Å². The van der Waals surface area contributed by atoms with E-state index in [9.17, 15) is 9.50 Å². The summed E-state index contributed by atoms with van der Waals surface area (Å²) in [6.45, 7) is 1.66. The molecule has 6 heteroatoms. The molecule has 4 rings (SSSR count). The van der Waals surface area contributed by atoms with E-state index >= 15 is 0 Å². The highest BCUT2D eigenvalue weighted by Crippen LogP contribution is 2.20. The lowest BCUT2D eigenvalue weighted by atomic mass is 10.0. The summed E-state index contributed by atoms with van der Waals surface area (Å²) >= 11 is 5.98. The second-order valence-electron chi connectivity index (χ2n) is 8.14. The Hall–Kier alpha value is -2.73. The van der Waals surface area contributed by atoms with Crippen LogP contribution < -0.4 is 0 Å². The molecule has 0 spiro atoms. The Kier molecular flexibility index (Phi) is 7.53. The van der Waals surface area contributed by atoms with E-state index in [1.165, 1.54) is 12.1 Å². The standard InChI is InChI=1S/C26H26ClFN2O2/c27-22-10-8-21(9-11-22)26-15-25(32-29-26)18-30(16-20-6-12-23(28)13-7-20)17-24(31)14-19-4-2-1-3-5-19/h1-13,24-25,31H,14-18H2. The highest BCUT2D eigenvalue weighted by Gasteiger charge is 2.26. The van der Waals surface area contributed by atoms with Crippen molar-refractivity contribution in [2.24, 2.45) is 5.16 Å². The second-order valence-corrected chi connectivity index (χ2v) is 8.58. The zero-order valence-electron chi connectivity index (χ0n) is 17.7. The van der Waals surface area contributed by atoms with Crippen LogP contribution in [-0.2, 0) is 17.8 Å². The Morgan fingerprint density at radius 2 is 1.72 bits per heavy atom. The van der Waals surface area contributed by atoms with Gasteiger partial charge in [-0.1, -0.05) is 71.4 Å². The first kappa shape index (κ1) is 22.5. The molecule has 2 atom stereocenters. The van der Waals surface area contributed by atoms with E-state index in [-0.39, 0.29) is 11.9 Å². The lowest BCUT2D eigenvalue weighted by Crippen LogP contribution is -2.38. The van der Waals surface area contributed by atoms with Gasteiger partial charge in [-0.05, 0) is 47.4 Å². The first-order valence-corrected chi connectivity index (χ1v) is 11.1. The highest BCUT2D eigenvalue weighted by molar-refractivity contribution is 6.30. The summed E-state index contributed by atoms with van der Waals surface area (Å²) in [5.41, 5.74) is 3.95. The fourth-order valence-corrected chi connectivity index (χ4v) is 4.05. The third-order valence-corrected chi connectivity index (χ3v) is 5.73. The third-order valence-electron chi connectivity index (χ3n) is 5.47. The maximum absolute atomic E-state index is 13.3. The first-order valence-electron chi connectivity index (χ1n) is 10.7. The number of rotatable bonds is 9. The van der Waals surface area contributed by atoms with Crippen LogP contribution in [0.3, 0.4) is 0 Å². The first-order chi connectivity index (χ1) is 15.5. The maximum atomic E-state index is 13.3. The minimum atomic E-state index is -0.532. The van der Waals surface area contributed by atoms with Gasteiger partial charge in [0.05, 0.1) is 11.8 Å². The van der Waals surface area contributed by atoms with Crippen molar-refractivity contribution in [3.05, 3.63) is 106 Å². The number of benzene rings is 3. The van der Waals surface area contributed by atoms with E-state index in [0.29, 0.717) is 37.5 Å². The van der Waals surface area contributed by atoms with Crippen LogP contribution in [0.2, 0.25) is 5.02 Å². The number of hydrogen-bond acceptors (Lipinski definition) is 4. The van der Waals surface area contributed by atoms with Gasteiger partial charge in [-0.25, -0.2) is 4.39 Å². The number of aliphatic hydroxyl groups excluding tert-OH is 1. The molecule has 0 aliphatic carbocycles. The summed E-state index contributed by atoms with van der Waals surface area (Å²) in [5.74, 6) is -0.260. The molecule has 1 heterocycles. The predicted molar refractivity (Wildman–Crippen MR) is 125 cm³/mol. The Morgan fingerprint density at radius 1 is 1.00 bits per heavy atom. The molecule has 1 aliphatic rings. The molecule has 0 amide bonds. The van der Waals surface area contributed by atoms with Crippen LogP contribution in [0.1, 0.15) is 23.1 Å². The predicted octanol–water partition coefficient (Wildman–Crippen LogP) is 5.08. The lowest BCUT2D eigenvalue weighted by Gasteiger charge is -2.27. The minimum absolute atomic E-state index is 0.120. The zero-order chi connectivity index (χ0) is 22.3. The van der Waals surface area contributed by atoms with Crippen molar-refractivity contribution >= 4 is 17.3 Å². The van der Waals surface area contributed by atoms with Crippen LogP contribution in [0.25, 0.3) is 0 Å². The molecule has 0 radical (unpaired) electrons. The Labute approximate surface area is 192 Å². The molecule has 2 unspecified atom stereocenters. The maximum Gasteiger partial charge on any atom is 0.145 e. The Morgan fingerprint density at radius 3 is 2.44 bits per heavy atom. The largest absolute Gasteiger partial charge is 0.391 e. The molecule has 166 valence electrons. The topological polar surface area (TPSA) is 45.1 Å². The number of aliphatic hydroxyl groups is 1. The van der Waals surface area contributed by atoms with Crippen LogP contribution in [-0.4, -0.2) is 41.0 Å². The SMILES string of the molecule is OC(Cc1ccccc1)CN(Cc1ccc(F)cc1)CC1CC(c2ccc(Cl)cc2)=NO1. The van der Waals surface area contributed by atoms with Gasteiger partial charge in [0.1, 0.15) is 11.9 Å². The second kappa shape index (κ2) is 10.7. The van der Waals surface area contributed by atoms with Gasteiger partial charge in [0.25, 0.3) is 0 Å². The summed E-state index contributed by atoms with van der Waals surface area (Å²) in [6, 6.07) is 24.0. The number of nitrogens with zero attached hydrogens (tertiary/aromatic N) is 2. The smallest absolute Gasteiger partial charge is 0.145 e. The molecule has 3 aromatic carbocycles. The van der Waals surface area contributed by atoms with E-state index in [1.807, 2.05) is 54.6 Å². The van der Waals surface area contributed by atoms with Crippen molar-refractivity contribution in [3.8, 4) is 0 Å². The van der Waals surface area contributed by atoms with Gasteiger partial charge >= 0.3 is 0 Å². The molecular formula is C26H26ClFN2O2. The quantitative estimate of drug-likeness (QED) is 0.492. The van der Waals surface area contributed by atoms with Crippen LogP contribution in [0.5, 0.6) is 0 Å². The summed E-state index contributed by atoms with van der Waals surface area (Å²) < 4.78 is 13.3. The Bertz CT molecular complexity index is 1030. The molecule has 1 N–H and O–H groups in total. The summed E-state index contributed by atoms with van der Waals surface area (Å²) in [7, 11) is 0. The number of hydrogen-bond donors (Lipinski definition) is 1. The summed E-state index contributed by atoms with van der Waals surface area (Å²) in [6.07, 6.45) is 0.593. The van der Waals surface area contributed by atoms with Gasteiger partial charge in [-0.15, -0.1) is 0 Å². The lowest BCUT2D eigenvalue weighted by molar-refractivity contribution is 0.0322. The number of halogens is 2. The van der Waals surface area contributed by atoms with Crippen molar-refractivity contribution in [2.75, 3.05) is 13.1 Å². The van der Waals surface area contributed by atoms with E-state index in [2.05, 4.69) is 10.1 Å². The summed E-state index contributed by atoms with van der Waals surface area (Å²) in [5, 5.41) is 15.7. The molecule has 0 saturated carbocycles. The van der Waals surface area contributed by atoms with Gasteiger partial charge in [-0.3, -0.25) is 4.90 Å². The van der Waals surface area contributed by atoms with Crippen LogP contribution in [0.4, 0.5) is 4.39 Å². The van der Waals surface area contributed by atoms with Crippen molar-refractivity contribution in [1.29, 1.82) is 0 Å². The fourth-order valence-electron chi connectivity index (χ4n) is 3.93. The molecule has 0 bridgehead atoms. The molecular weight excluding hydrogens is 427 g/mol. The molecule has 4 nitrogen and oxygen atoms in total. The van der Waals surface area contributed by atoms with Crippen molar-refractivity contribution in [2.45, 2.75) is 31.6 Å². The molecule has 0 fully saturated rings. The van der Waals surface area contributed by atoms with Crippen LogP contribution >= 0.6 is 11.6 Å². The average molecular weight is 453 g/mol. The zero-order valence-corrected chi connectivity index (χ0v) is 18.5. The van der Waals surface area contributed by atoms with Gasteiger partial charge in [-0.2, -0.15) is 0 Å². The van der Waals surface area contributed by atoms with Crippen molar-refractivity contribution < 1.29 is 14.3 Å². The molecule has 0 aromatic heterocycles. The molecule has 32 heavy (non-hydrogen) atoms. The molecule has 3 aromatic rings. The Balaban J connectivity index is 1.40. The van der Waals surface area contributed by atoms with Gasteiger partial charge in [0.15, 0.2) is 0 Å². The van der Waals surface area contributed by atoms with Gasteiger partial charge in [0, 0.05) is 31.1 Å². The van der Waals surface area contributed by atoms with Gasteiger partial charge < -0.3 is 9.94 Å². The molecule has 1 aliphatic heterocycles. The average Bonchev–Trinajstić information content (AvgIpc) is 3.25.